The summed E-state index contributed by atoms with van der Waals surface area (Å²) in [6, 6.07) is 8.54. The molecule has 1 atom stereocenters. The molecule has 1 unspecified atom stereocenters. The van der Waals surface area contributed by atoms with Crippen molar-refractivity contribution in [2.24, 2.45) is 0 Å². The van der Waals surface area contributed by atoms with E-state index in [9.17, 15) is 22.4 Å². The summed E-state index contributed by atoms with van der Waals surface area (Å²) in [5.74, 6) is -6.71. The van der Waals surface area contributed by atoms with Crippen LogP contribution in [0.5, 0.6) is 23.0 Å². The van der Waals surface area contributed by atoms with Gasteiger partial charge < -0.3 is 23.7 Å². The topological polar surface area (TPSA) is 63.2 Å². The zero-order valence-electron chi connectivity index (χ0n) is 14.9. The largest absolute Gasteiger partial charge is 0.586 e. The highest BCUT2D eigenvalue weighted by Gasteiger charge is 2.52. The fourth-order valence-corrected chi connectivity index (χ4v) is 3.16. The molecule has 0 saturated carbocycles. The van der Waals surface area contributed by atoms with Gasteiger partial charge in [-0.25, -0.2) is 4.79 Å². The summed E-state index contributed by atoms with van der Waals surface area (Å²) in [5, 5.41) is 0. The predicted octanol–water partition coefficient (Wildman–Crippen LogP) is 3.87. The van der Waals surface area contributed by atoms with Gasteiger partial charge in [-0.05, 0) is 12.1 Å². The highest BCUT2D eigenvalue weighted by molar-refractivity contribution is 5.79. The van der Waals surface area contributed by atoms with E-state index in [1.807, 2.05) is 0 Å². The Labute approximate surface area is 161 Å². The standard InChI is InChI=1S/C19H14F4O6/c1-25-17(24)18(20,21)13-9-27-15-7-11(5-6-12(13)15)26-8-10-3-2-4-14-16(10)29-19(22,23)28-14/h2-7,13H,8-9H2,1H3. The van der Waals surface area contributed by atoms with Crippen molar-refractivity contribution in [2.45, 2.75) is 24.7 Å². The quantitative estimate of drug-likeness (QED) is 0.547. The van der Waals surface area contributed by atoms with Crippen LogP contribution in [0.2, 0.25) is 0 Å². The number of halogens is 4. The number of methoxy groups -OCH3 is 1. The molecule has 10 heteroatoms. The van der Waals surface area contributed by atoms with Crippen LogP contribution in [0.15, 0.2) is 36.4 Å². The minimum atomic E-state index is -3.75. The second-order valence-electron chi connectivity index (χ2n) is 6.38. The fraction of sp³-hybridized carbons (Fsp3) is 0.316. The molecule has 0 amide bonds. The number of hydrogen-bond acceptors (Lipinski definition) is 6. The molecule has 4 rings (SSSR count). The molecule has 29 heavy (non-hydrogen) atoms. The summed E-state index contributed by atoms with van der Waals surface area (Å²) in [4.78, 5) is 11.4. The Morgan fingerprint density at radius 3 is 2.76 bits per heavy atom. The van der Waals surface area contributed by atoms with Gasteiger partial charge in [-0.15, -0.1) is 8.78 Å². The number of fused-ring (bicyclic) bond motifs is 2. The van der Waals surface area contributed by atoms with Crippen LogP contribution >= 0.6 is 0 Å². The maximum Gasteiger partial charge on any atom is 0.586 e. The third kappa shape index (κ3) is 3.39. The second-order valence-corrected chi connectivity index (χ2v) is 6.38. The average molecular weight is 414 g/mol. The minimum absolute atomic E-state index is 0.110. The molecule has 2 aromatic rings. The lowest BCUT2D eigenvalue weighted by molar-refractivity contribution is -0.287. The summed E-state index contributed by atoms with van der Waals surface area (Å²) in [7, 11) is 0.884. The van der Waals surface area contributed by atoms with Gasteiger partial charge in [0.05, 0.1) is 13.0 Å². The average Bonchev–Trinajstić information content (AvgIpc) is 3.24. The molecular weight excluding hydrogens is 400 g/mol. The van der Waals surface area contributed by atoms with E-state index in [1.54, 1.807) is 0 Å². The van der Waals surface area contributed by atoms with Crippen LogP contribution in [0.3, 0.4) is 0 Å². The van der Waals surface area contributed by atoms with Gasteiger partial charge in [0.15, 0.2) is 11.5 Å². The lowest BCUT2D eigenvalue weighted by Crippen LogP contribution is -2.37. The molecule has 0 radical (unpaired) electrons. The Kier molecular flexibility index (Phi) is 4.44. The highest BCUT2D eigenvalue weighted by Crippen LogP contribution is 2.46. The number of ether oxygens (including phenoxy) is 5. The van der Waals surface area contributed by atoms with Gasteiger partial charge in [0.2, 0.25) is 0 Å². The molecule has 6 nitrogen and oxygen atoms in total. The zero-order valence-corrected chi connectivity index (χ0v) is 14.9. The Morgan fingerprint density at radius 1 is 1.21 bits per heavy atom. The monoisotopic (exact) mass is 414 g/mol. The summed E-state index contributed by atoms with van der Waals surface area (Å²) >= 11 is 0. The van der Waals surface area contributed by atoms with Crippen molar-refractivity contribution >= 4 is 5.97 Å². The van der Waals surface area contributed by atoms with Crippen molar-refractivity contribution in [3.8, 4) is 23.0 Å². The van der Waals surface area contributed by atoms with Crippen LogP contribution in [0.25, 0.3) is 0 Å². The minimum Gasteiger partial charge on any atom is -0.492 e. The van der Waals surface area contributed by atoms with Crippen molar-refractivity contribution in [1.82, 2.24) is 0 Å². The van der Waals surface area contributed by atoms with Gasteiger partial charge in [0, 0.05) is 17.2 Å². The Bertz CT molecular complexity index is 962. The number of carbonyl (C=O) groups is 1. The van der Waals surface area contributed by atoms with Crippen LogP contribution in [0, 0.1) is 0 Å². The van der Waals surface area contributed by atoms with Crippen molar-refractivity contribution in [1.29, 1.82) is 0 Å². The first-order chi connectivity index (χ1) is 13.7. The number of esters is 1. The summed E-state index contributed by atoms with van der Waals surface area (Å²) in [6.45, 7) is -0.531. The van der Waals surface area contributed by atoms with Crippen LogP contribution in [0.4, 0.5) is 17.6 Å². The van der Waals surface area contributed by atoms with Crippen molar-refractivity contribution < 1.29 is 46.0 Å². The van der Waals surface area contributed by atoms with Gasteiger partial charge in [-0.2, -0.15) is 8.78 Å². The van der Waals surface area contributed by atoms with Crippen LogP contribution < -0.4 is 18.9 Å². The number of carbonyl (C=O) groups excluding carboxylic acids is 1. The van der Waals surface area contributed by atoms with Crippen LogP contribution in [0.1, 0.15) is 17.0 Å². The van der Waals surface area contributed by atoms with E-state index in [4.69, 9.17) is 9.47 Å². The van der Waals surface area contributed by atoms with E-state index in [0.717, 1.165) is 7.11 Å². The predicted molar refractivity (Wildman–Crippen MR) is 88.6 cm³/mol. The Morgan fingerprint density at radius 2 is 2.00 bits per heavy atom. The highest BCUT2D eigenvalue weighted by atomic mass is 19.3. The maximum atomic E-state index is 14.2. The third-order valence-corrected chi connectivity index (χ3v) is 4.57. The summed E-state index contributed by atoms with van der Waals surface area (Å²) < 4.78 is 78.7. The van der Waals surface area contributed by atoms with Gasteiger partial charge in [0.25, 0.3) is 0 Å². The molecule has 0 fully saturated rings. The maximum absolute atomic E-state index is 14.2. The molecule has 2 aliphatic rings. The number of alkyl halides is 4. The van der Waals surface area contributed by atoms with Crippen LogP contribution in [-0.2, 0) is 16.1 Å². The van der Waals surface area contributed by atoms with Gasteiger partial charge in [0.1, 0.15) is 24.7 Å². The first-order valence-corrected chi connectivity index (χ1v) is 8.45. The van der Waals surface area contributed by atoms with Crippen molar-refractivity contribution in [2.75, 3.05) is 13.7 Å². The molecule has 0 saturated heterocycles. The van der Waals surface area contributed by atoms with Gasteiger partial charge in [-0.3, -0.25) is 0 Å². The van der Waals surface area contributed by atoms with Crippen LogP contribution in [-0.4, -0.2) is 31.9 Å². The fourth-order valence-electron chi connectivity index (χ4n) is 3.16. The molecule has 0 spiro atoms. The van der Waals surface area contributed by atoms with E-state index in [0.29, 0.717) is 5.56 Å². The smallest absolute Gasteiger partial charge is 0.492 e. The molecule has 0 aliphatic carbocycles. The molecule has 0 bridgehead atoms. The van der Waals surface area contributed by atoms with Crippen molar-refractivity contribution in [3.05, 3.63) is 47.5 Å². The third-order valence-electron chi connectivity index (χ3n) is 4.57. The lowest BCUT2D eigenvalue weighted by Gasteiger charge is -2.19. The van der Waals surface area contributed by atoms with E-state index < -0.39 is 30.7 Å². The van der Waals surface area contributed by atoms with Crippen molar-refractivity contribution in [3.63, 3.8) is 0 Å². The number of para-hydroxylation sites is 1. The molecule has 154 valence electrons. The molecule has 2 heterocycles. The molecule has 2 aliphatic heterocycles. The first kappa shape index (κ1) is 19.2. The molecule has 0 aromatic heterocycles. The number of rotatable bonds is 5. The SMILES string of the molecule is COC(=O)C(F)(F)C1COc2cc(OCc3cccc4c3OC(F)(F)O4)ccc21. The van der Waals surface area contributed by atoms with E-state index in [2.05, 4.69) is 14.2 Å². The van der Waals surface area contributed by atoms with E-state index >= 15 is 0 Å². The Balaban J connectivity index is 1.50. The summed E-state index contributed by atoms with van der Waals surface area (Å²) in [5.41, 5.74) is 0.459. The van der Waals surface area contributed by atoms with Gasteiger partial charge in [-0.1, -0.05) is 18.2 Å². The summed E-state index contributed by atoms with van der Waals surface area (Å²) in [6.07, 6.45) is -3.75. The second kappa shape index (κ2) is 6.71. The van der Waals surface area contributed by atoms with E-state index in [-0.39, 0.29) is 35.2 Å². The molecule has 2 aromatic carbocycles. The molecule has 0 N–H and O–H groups in total. The Hall–Kier alpha value is -3.17. The zero-order chi connectivity index (χ0) is 20.8. The van der Waals surface area contributed by atoms with E-state index in [1.165, 1.54) is 36.4 Å². The first-order valence-electron chi connectivity index (χ1n) is 8.45. The van der Waals surface area contributed by atoms with Gasteiger partial charge >= 0.3 is 18.2 Å². The molecular formula is C19H14F4O6. The lowest BCUT2D eigenvalue weighted by atomic mass is 9.94. The number of benzene rings is 2. The number of hydrogen-bond donors (Lipinski definition) is 0. The normalized spacial score (nSPS) is 18.7.